The van der Waals surface area contributed by atoms with Gasteiger partial charge >= 0.3 is 0 Å². The number of rotatable bonds is 3. The highest BCUT2D eigenvalue weighted by molar-refractivity contribution is 5.85. The summed E-state index contributed by atoms with van der Waals surface area (Å²) < 4.78 is 13.6. The van der Waals surface area contributed by atoms with E-state index in [0.717, 1.165) is 37.1 Å². The van der Waals surface area contributed by atoms with Crippen molar-refractivity contribution in [3.63, 3.8) is 0 Å². The van der Waals surface area contributed by atoms with E-state index < -0.39 is 0 Å². The third-order valence-corrected chi connectivity index (χ3v) is 3.56. The molecule has 0 saturated carbocycles. The number of halogens is 1. The van der Waals surface area contributed by atoms with Gasteiger partial charge in [-0.1, -0.05) is 0 Å². The molecular weight excluding hydrogens is 245 g/mol. The van der Waals surface area contributed by atoms with Gasteiger partial charge in [-0.3, -0.25) is 4.79 Å². The average molecular weight is 265 g/mol. The maximum atomic E-state index is 13.6. The first-order valence-corrected chi connectivity index (χ1v) is 6.63. The molecule has 1 saturated heterocycles. The maximum absolute atomic E-state index is 13.6. The monoisotopic (exact) mass is 265 g/mol. The molecule has 1 fully saturated rings. The van der Waals surface area contributed by atoms with Gasteiger partial charge in [0.05, 0.1) is 0 Å². The van der Waals surface area contributed by atoms with Crippen LogP contribution in [0.4, 0.5) is 10.1 Å². The van der Waals surface area contributed by atoms with Crippen LogP contribution in [0.5, 0.6) is 0 Å². The van der Waals surface area contributed by atoms with Crippen LogP contribution in [0, 0.1) is 5.82 Å². The summed E-state index contributed by atoms with van der Waals surface area (Å²) in [4.78, 5) is 13.9. The SMILES string of the molecule is CNC(=O)C1CCCCN1c1cc(F)cc(CN)c1. The highest BCUT2D eigenvalue weighted by atomic mass is 19.1. The lowest BCUT2D eigenvalue weighted by Crippen LogP contribution is -2.48. The Hall–Kier alpha value is -1.62. The lowest BCUT2D eigenvalue weighted by atomic mass is 10.00. The summed E-state index contributed by atoms with van der Waals surface area (Å²) in [7, 11) is 1.63. The van der Waals surface area contributed by atoms with E-state index in [4.69, 9.17) is 5.73 Å². The first kappa shape index (κ1) is 13.8. The van der Waals surface area contributed by atoms with Crippen LogP contribution in [0.25, 0.3) is 0 Å². The second-order valence-electron chi connectivity index (χ2n) is 4.84. The van der Waals surface area contributed by atoms with Gasteiger partial charge in [-0.2, -0.15) is 0 Å². The van der Waals surface area contributed by atoms with Crippen LogP contribution >= 0.6 is 0 Å². The minimum Gasteiger partial charge on any atom is -0.359 e. The van der Waals surface area contributed by atoms with Gasteiger partial charge in [0.2, 0.25) is 5.91 Å². The summed E-state index contributed by atoms with van der Waals surface area (Å²) in [6, 6.07) is 4.55. The number of amides is 1. The molecule has 1 aromatic carbocycles. The van der Waals surface area contributed by atoms with Crippen LogP contribution in [0.2, 0.25) is 0 Å². The summed E-state index contributed by atoms with van der Waals surface area (Å²) in [5.74, 6) is -0.322. The van der Waals surface area contributed by atoms with Gasteiger partial charge in [0.1, 0.15) is 11.9 Å². The van der Waals surface area contributed by atoms with Gasteiger partial charge in [-0.25, -0.2) is 4.39 Å². The number of carbonyl (C=O) groups excluding carboxylic acids is 1. The van der Waals surface area contributed by atoms with Crippen LogP contribution in [-0.4, -0.2) is 25.5 Å². The molecule has 1 unspecified atom stereocenters. The molecule has 1 amide bonds. The molecule has 1 aliphatic heterocycles. The number of benzene rings is 1. The van der Waals surface area contributed by atoms with E-state index in [1.807, 2.05) is 11.0 Å². The molecule has 1 atom stereocenters. The summed E-state index contributed by atoms with van der Waals surface area (Å²) in [5, 5.41) is 2.68. The van der Waals surface area contributed by atoms with Crippen LogP contribution in [0.1, 0.15) is 24.8 Å². The second kappa shape index (κ2) is 6.02. The summed E-state index contributed by atoms with van der Waals surface area (Å²) in [6.45, 7) is 1.06. The van der Waals surface area contributed by atoms with Crippen molar-refractivity contribution in [2.24, 2.45) is 5.73 Å². The van der Waals surface area contributed by atoms with Gasteiger partial charge in [0.15, 0.2) is 0 Å². The maximum Gasteiger partial charge on any atom is 0.242 e. The molecule has 0 aromatic heterocycles. The van der Waals surface area contributed by atoms with E-state index in [2.05, 4.69) is 5.32 Å². The number of carbonyl (C=O) groups is 1. The van der Waals surface area contributed by atoms with Crippen molar-refractivity contribution >= 4 is 11.6 Å². The Labute approximate surface area is 112 Å². The number of piperidine rings is 1. The number of likely N-dealkylation sites (N-methyl/N-ethyl adjacent to an activating group) is 1. The molecule has 1 aliphatic rings. The molecule has 104 valence electrons. The van der Waals surface area contributed by atoms with Crippen LogP contribution < -0.4 is 16.0 Å². The zero-order valence-electron chi connectivity index (χ0n) is 11.2. The molecular formula is C14H20FN3O. The quantitative estimate of drug-likeness (QED) is 0.868. The van der Waals surface area contributed by atoms with Crippen LogP contribution in [0.3, 0.4) is 0 Å². The van der Waals surface area contributed by atoms with Crippen LogP contribution in [0.15, 0.2) is 18.2 Å². The number of nitrogens with zero attached hydrogens (tertiary/aromatic N) is 1. The van der Waals surface area contributed by atoms with Crippen LogP contribution in [-0.2, 0) is 11.3 Å². The van der Waals surface area contributed by atoms with Gasteiger partial charge in [-0.15, -0.1) is 0 Å². The Morgan fingerprint density at radius 2 is 2.26 bits per heavy atom. The van der Waals surface area contributed by atoms with Gasteiger partial charge in [0.25, 0.3) is 0 Å². The summed E-state index contributed by atoms with van der Waals surface area (Å²) in [5.41, 5.74) is 7.06. The number of hydrogen-bond acceptors (Lipinski definition) is 3. The first-order valence-electron chi connectivity index (χ1n) is 6.63. The smallest absolute Gasteiger partial charge is 0.242 e. The fraction of sp³-hybridized carbons (Fsp3) is 0.500. The normalized spacial score (nSPS) is 19.3. The zero-order valence-corrected chi connectivity index (χ0v) is 11.2. The van der Waals surface area contributed by atoms with Gasteiger partial charge < -0.3 is 16.0 Å². The molecule has 0 spiro atoms. The standard InChI is InChI=1S/C14H20FN3O/c1-17-14(19)13-4-2-3-5-18(13)12-7-10(9-16)6-11(15)8-12/h6-8,13H,2-5,9,16H2,1H3,(H,17,19). The number of nitrogens with two attached hydrogens (primary N) is 1. The average Bonchev–Trinajstić information content (AvgIpc) is 2.45. The minimum atomic E-state index is -0.306. The Kier molecular flexibility index (Phi) is 4.37. The zero-order chi connectivity index (χ0) is 13.8. The Morgan fingerprint density at radius 1 is 1.47 bits per heavy atom. The van der Waals surface area contributed by atoms with E-state index in [9.17, 15) is 9.18 Å². The van der Waals surface area contributed by atoms with Gasteiger partial charge in [0, 0.05) is 25.8 Å². The number of hydrogen-bond donors (Lipinski definition) is 2. The fourth-order valence-electron chi connectivity index (χ4n) is 2.60. The van der Waals surface area contributed by atoms with Crippen molar-refractivity contribution in [2.75, 3.05) is 18.5 Å². The topological polar surface area (TPSA) is 58.4 Å². The van der Waals surface area contributed by atoms with E-state index >= 15 is 0 Å². The first-order chi connectivity index (χ1) is 9.15. The molecule has 0 aliphatic carbocycles. The lowest BCUT2D eigenvalue weighted by molar-refractivity contribution is -0.122. The van der Waals surface area contributed by atoms with Gasteiger partial charge in [-0.05, 0) is 43.0 Å². The minimum absolute atomic E-state index is 0.0155. The van der Waals surface area contributed by atoms with Crippen molar-refractivity contribution in [1.29, 1.82) is 0 Å². The Morgan fingerprint density at radius 3 is 2.95 bits per heavy atom. The van der Waals surface area contributed by atoms with Crippen molar-refractivity contribution in [1.82, 2.24) is 5.32 Å². The third-order valence-electron chi connectivity index (χ3n) is 3.56. The predicted octanol–water partition coefficient (Wildman–Crippen LogP) is 1.39. The molecule has 0 bridgehead atoms. The molecule has 2 rings (SSSR count). The predicted molar refractivity (Wildman–Crippen MR) is 73.3 cm³/mol. The molecule has 3 N–H and O–H groups in total. The fourth-order valence-corrected chi connectivity index (χ4v) is 2.60. The number of nitrogens with one attached hydrogen (secondary N) is 1. The molecule has 5 heteroatoms. The molecule has 1 aromatic rings. The third kappa shape index (κ3) is 3.04. The second-order valence-corrected chi connectivity index (χ2v) is 4.84. The summed E-state index contributed by atoms with van der Waals surface area (Å²) in [6.07, 6.45) is 2.84. The highest BCUT2D eigenvalue weighted by Gasteiger charge is 2.28. The van der Waals surface area contributed by atoms with E-state index in [1.54, 1.807) is 7.05 Å². The Bertz CT molecular complexity index is 464. The molecule has 4 nitrogen and oxygen atoms in total. The van der Waals surface area contributed by atoms with Crippen molar-refractivity contribution in [3.05, 3.63) is 29.6 Å². The molecule has 1 heterocycles. The van der Waals surface area contributed by atoms with Crippen molar-refractivity contribution < 1.29 is 9.18 Å². The summed E-state index contributed by atoms with van der Waals surface area (Å²) >= 11 is 0. The largest absolute Gasteiger partial charge is 0.359 e. The van der Waals surface area contributed by atoms with E-state index in [-0.39, 0.29) is 17.8 Å². The lowest BCUT2D eigenvalue weighted by Gasteiger charge is -2.36. The van der Waals surface area contributed by atoms with E-state index in [1.165, 1.54) is 12.1 Å². The molecule has 0 radical (unpaired) electrons. The van der Waals surface area contributed by atoms with E-state index in [0.29, 0.717) is 6.54 Å². The van der Waals surface area contributed by atoms with Crippen molar-refractivity contribution in [2.45, 2.75) is 31.8 Å². The molecule has 19 heavy (non-hydrogen) atoms. The highest BCUT2D eigenvalue weighted by Crippen LogP contribution is 2.26. The number of anilines is 1. The Balaban J connectivity index is 2.31. The van der Waals surface area contributed by atoms with Crippen molar-refractivity contribution in [3.8, 4) is 0 Å².